The maximum atomic E-state index is 11.8. The summed E-state index contributed by atoms with van der Waals surface area (Å²) in [6.45, 7) is 2.13. The predicted octanol–water partition coefficient (Wildman–Crippen LogP) is 4.19. The van der Waals surface area contributed by atoms with Crippen molar-refractivity contribution < 1.29 is 4.79 Å². The molecular weight excluding hydrogens is 306 g/mol. The molecule has 4 nitrogen and oxygen atoms in total. The van der Waals surface area contributed by atoms with Gasteiger partial charge in [-0.25, -0.2) is 0 Å². The Morgan fingerprint density at radius 3 is 3.05 bits per heavy atom. The summed E-state index contributed by atoms with van der Waals surface area (Å²) in [5.41, 5.74) is 0.874. The number of aryl methyl sites for hydroxylation is 1. The lowest BCUT2D eigenvalue weighted by Gasteiger charge is -1.96. The Balaban J connectivity index is 1.90. The van der Waals surface area contributed by atoms with Gasteiger partial charge in [0, 0.05) is 17.5 Å². The number of aromatic nitrogens is 2. The van der Waals surface area contributed by atoms with E-state index in [2.05, 4.69) is 22.4 Å². The minimum Gasteiger partial charge on any atom is -0.297 e. The molecule has 0 aliphatic heterocycles. The maximum Gasteiger partial charge on any atom is 0.250 e. The molecule has 0 spiro atoms. The van der Waals surface area contributed by atoms with Crippen LogP contribution in [0.2, 0.25) is 5.02 Å². The van der Waals surface area contributed by atoms with Crippen LogP contribution in [0.15, 0.2) is 30.3 Å². The lowest BCUT2D eigenvalue weighted by Crippen LogP contribution is -2.07. The van der Waals surface area contributed by atoms with Crippen molar-refractivity contribution in [3.63, 3.8) is 0 Å². The van der Waals surface area contributed by atoms with E-state index >= 15 is 0 Å². The van der Waals surface area contributed by atoms with Gasteiger partial charge in [0.1, 0.15) is 5.01 Å². The van der Waals surface area contributed by atoms with Gasteiger partial charge in [0.25, 0.3) is 0 Å². The lowest BCUT2D eigenvalue weighted by molar-refractivity contribution is -0.111. The van der Waals surface area contributed by atoms with Gasteiger partial charge in [-0.05, 0) is 30.2 Å². The van der Waals surface area contributed by atoms with Crippen molar-refractivity contribution in [1.29, 1.82) is 0 Å². The molecular formula is C15H16ClN3OS. The van der Waals surface area contributed by atoms with Crippen LogP contribution < -0.4 is 5.32 Å². The van der Waals surface area contributed by atoms with Crippen molar-refractivity contribution in [3.05, 3.63) is 45.9 Å². The number of hydrogen-bond acceptors (Lipinski definition) is 4. The highest BCUT2D eigenvalue weighted by Gasteiger charge is 2.05. The van der Waals surface area contributed by atoms with E-state index in [-0.39, 0.29) is 5.91 Å². The van der Waals surface area contributed by atoms with E-state index in [4.69, 9.17) is 11.6 Å². The minimum absolute atomic E-state index is 0.229. The first-order valence-electron chi connectivity index (χ1n) is 6.74. The summed E-state index contributed by atoms with van der Waals surface area (Å²) >= 11 is 7.30. The molecule has 1 aromatic carbocycles. The quantitative estimate of drug-likeness (QED) is 0.812. The topological polar surface area (TPSA) is 54.9 Å². The molecule has 2 rings (SSSR count). The average molecular weight is 322 g/mol. The molecule has 0 atom stereocenters. The van der Waals surface area contributed by atoms with Crippen LogP contribution in [0.4, 0.5) is 5.13 Å². The van der Waals surface area contributed by atoms with E-state index in [1.54, 1.807) is 18.2 Å². The number of nitrogens with zero attached hydrogens (tertiary/aromatic N) is 2. The summed E-state index contributed by atoms with van der Waals surface area (Å²) in [6, 6.07) is 7.30. The molecule has 0 saturated carbocycles. The summed E-state index contributed by atoms with van der Waals surface area (Å²) in [7, 11) is 0. The molecule has 1 N–H and O–H groups in total. The number of unbranched alkanes of at least 4 members (excludes halogenated alkanes) is 1. The molecule has 1 aromatic heterocycles. The van der Waals surface area contributed by atoms with Gasteiger partial charge in [-0.3, -0.25) is 10.1 Å². The molecule has 21 heavy (non-hydrogen) atoms. The van der Waals surface area contributed by atoms with Gasteiger partial charge >= 0.3 is 0 Å². The summed E-state index contributed by atoms with van der Waals surface area (Å²) in [5, 5.41) is 12.8. The molecule has 110 valence electrons. The SMILES string of the molecule is CCCCc1nnc(NC(=O)/C=C/c2cccc(Cl)c2)s1. The van der Waals surface area contributed by atoms with Gasteiger partial charge in [0.15, 0.2) is 0 Å². The zero-order valence-corrected chi connectivity index (χ0v) is 13.2. The van der Waals surface area contributed by atoms with E-state index in [0.29, 0.717) is 10.2 Å². The van der Waals surface area contributed by atoms with Crippen LogP contribution in [-0.4, -0.2) is 16.1 Å². The third kappa shape index (κ3) is 5.28. The first-order chi connectivity index (χ1) is 10.2. The molecule has 2 aromatic rings. The Bertz CT molecular complexity index is 639. The van der Waals surface area contributed by atoms with Crippen molar-refractivity contribution in [2.24, 2.45) is 0 Å². The first kappa shape index (κ1) is 15.7. The fraction of sp³-hybridized carbons (Fsp3) is 0.267. The average Bonchev–Trinajstić information content (AvgIpc) is 2.90. The smallest absolute Gasteiger partial charge is 0.250 e. The number of amides is 1. The molecule has 1 heterocycles. The van der Waals surface area contributed by atoms with E-state index in [1.807, 2.05) is 12.1 Å². The first-order valence-corrected chi connectivity index (χ1v) is 7.94. The Morgan fingerprint density at radius 2 is 2.29 bits per heavy atom. The lowest BCUT2D eigenvalue weighted by atomic mass is 10.2. The fourth-order valence-electron chi connectivity index (χ4n) is 1.66. The zero-order chi connectivity index (χ0) is 15.1. The number of carbonyl (C=O) groups excluding carboxylic acids is 1. The van der Waals surface area contributed by atoms with Gasteiger partial charge in [-0.1, -0.05) is 48.4 Å². The maximum absolute atomic E-state index is 11.8. The van der Waals surface area contributed by atoms with Crippen LogP contribution in [0.25, 0.3) is 6.08 Å². The molecule has 0 aliphatic carbocycles. The third-order valence-electron chi connectivity index (χ3n) is 2.72. The number of anilines is 1. The highest BCUT2D eigenvalue weighted by molar-refractivity contribution is 7.15. The molecule has 0 unspecified atom stereocenters. The number of carbonyl (C=O) groups is 1. The monoisotopic (exact) mass is 321 g/mol. The number of halogens is 1. The zero-order valence-electron chi connectivity index (χ0n) is 11.7. The molecule has 0 bridgehead atoms. The summed E-state index contributed by atoms with van der Waals surface area (Å²) in [6.07, 6.45) is 6.27. The van der Waals surface area contributed by atoms with Crippen LogP contribution in [0.1, 0.15) is 30.3 Å². The van der Waals surface area contributed by atoms with Crippen LogP contribution >= 0.6 is 22.9 Å². The molecule has 0 radical (unpaired) electrons. The third-order valence-corrected chi connectivity index (χ3v) is 3.85. The van der Waals surface area contributed by atoms with Crippen molar-refractivity contribution in [2.75, 3.05) is 5.32 Å². The van der Waals surface area contributed by atoms with E-state index < -0.39 is 0 Å². The highest BCUT2D eigenvalue weighted by Crippen LogP contribution is 2.17. The van der Waals surface area contributed by atoms with Gasteiger partial charge < -0.3 is 0 Å². The molecule has 0 saturated heterocycles. The second kappa shape index (κ2) is 7.90. The predicted molar refractivity (Wildman–Crippen MR) is 87.6 cm³/mol. The Morgan fingerprint density at radius 1 is 1.43 bits per heavy atom. The number of nitrogens with one attached hydrogen (secondary N) is 1. The molecule has 6 heteroatoms. The van der Waals surface area contributed by atoms with Gasteiger partial charge in [0.05, 0.1) is 0 Å². The highest BCUT2D eigenvalue weighted by atomic mass is 35.5. The second-order valence-corrected chi connectivity index (χ2v) is 5.98. The van der Waals surface area contributed by atoms with E-state index in [9.17, 15) is 4.79 Å². The van der Waals surface area contributed by atoms with Gasteiger partial charge in [-0.15, -0.1) is 10.2 Å². The van der Waals surface area contributed by atoms with Crippen molar-refractivity contribution >= 4 is 40.1 Å². The largest absolute Gasteiger partial charge is 0.297 e. The fourth-order valence-corrected chi connectivity index (χ4v) is 2.65. The number of rotatable bonds is 6. The van der Waals surface area contributed by atoms with Crippen molar-refractivity contribution in [2.45, 2.75) is 26.2 Å². The van der Waals surface area contributed by atoms with Crippen LogP contribution in [0.5, 0.6) is 0 Å². The summed E-state index contributed by atoms with van der Waals surface area (Å²) in [5.74, 6) is -0.229. The number of hydrogen-bond donors (Lipinski definition) is 1. The molecule has 0 fully saturated rings. The summed E-state index contributed by atoms with van der Waals surface area (Å²) < 4.78 is 0. The second-order valence-electron chi connectivity index (χ2n) is 4.48. The normalized spacial score (nSPS) is 11.0. The van der Waals surface area contributed by atoms with Crippen LogP contribution in [0, 0.1) is 0 Å². The Hall–Kier alpha value is -1.72. The van der Waals surface area contributed by atoms with Crippen LogP contribution in [0.3, 0.4) is 0 Å². The van der Waals surface area contributed by atoms with Gasteiger partial charge in [-0.2, -0.15) is 0 Å². The van der Waals surface area contributed by atoms with Gasteiger partial charge in [0.2, 0.25) is 11.0 Å². The standard InChI is InChI=1S/C15H16ClN3OS/c1-2-3-7-14-18-19-15(21-14)17-13(20)9-8-11-5-4-6-12(16)10-11/h4-6,8-10H,2-3,7H2,1H3,(H,17,19,20)/b9-8+. The van der Waals surface area contributed by atoms with E-state index in [1.165, 1.54) is 17.4 Å². The molecule has 0 aliphatic rings. The summed E-state index contributed by atoms with van der Waals surface area (Å²) in [4.78, 5) is 11.8. The Labute approximate surface area is 132 Å². The number of benzene rings is 1. The van der Waals surface area contributed by atoms with Crippen molar-refractivity contribution in [3.8, 4) is 0 Å². The minimum atomic E-state index is -0.229. The van der Waals surface area contributed by atoms with Crippen LogP contribution in [-0.2, 0) is 11.2 Å². The van der Waals surface area contributed by atoms with E-state index in [0.717, 1.165) is 29.8 Å². The van der Waals surface area contributed by atoms with Crippen molar-refractivity contribution in [1.82, 2.24) is 10.2 Å². The molecule has 1 amide bonds. The Kier molecular flexibility index (Phi) is 5.90.